The largest absolute Gasteiger partial charge is 0.373 e. The van der Waals surface area contributed by atoms with E-state index in [1.807, 2.05) is 13.8 Å². The van der Waals surface area contributed by atoms with Gasteiger partial charge in [-0.05, 0) is 26.0 Å². The second-order valence-corrected chi connectivity index (χ2v) is 6.27. The molecule has 0 aliphatic heterocycles. The zero-order valence-corrected chi connectivity index (χ0v) is 12.6. The van der Waals surface area contributed by atoms with E-state index in [0.29, 0.717) is 5.82 Å². The van der Waals surface area contributed by atoms with Crippen molar-refractivity contribution in [3.63, 3.8) is 0 Å². The number of nitrogens with zero attached hydrogens (tertiary/aromatic N) is 1. The Kier molecular flexibility index (Phi) is 5.90. The molecule has 1 rings (SSSR count). The van der Waals surface area contributed by atoms with Crippen LogP contribution in [0.25, 0.3) is 0 Å². The smallest absolute Gasteiger partial charge is 0.242 e. The van der Waals surface area contributed by atoms with E-state index < -0.39 is 10.0 Å². The van der Waals surface area contributed by atoms with Crippen LogP contribution in [-0.2, 0) is 14.8 Å². The number of pyridine rings is 1. The van der Waals surface area contributed by atoms with Gasteiger partial charge in [-0.25, -0.2) is 18.1 Å². The number of hydrogen-bond donors (Lipinski definition) is 3. The fraction of sp³-hybridized carbons (Fsp3) is 0.500. The summed E-state index contributed by atoms with van der Waals surface area (Å²) in [5.41, 5.74) is 0. The molecular weight excluding hydrogens is 280 g/mol. The molecule has 1 aromatic rings. The topological polar surface area (TPSA) is 100 Å². The maximum Gasteiger partial charge on any atom is 0.242 e. The quantitative estimate of drug-likeness (QED) is 0.673. The van der Waals surface area contributed by atoms with E-state index in [9.17, 15) is 13.2 Å². The van der Waals surface area contributed by atoms with Gasteiger partial charge in [0, 0.05) is 32.3 Å². The Bertz CT molecular complexity index is 540. The van der Waals surface area contributed by atoms with Crippen molar-refractivity contribution in [2.24, 2.45) is 0 Å². The molecule has 0 atom stereocenters. The third kappa shape index (κ3) is 5.14. The minimum Gasteiger partial charge on any atom is -0.373 e. The Balaban J connectivity index is 2.55. The van der Waals surface area contributed by atoms with Crippen molar-refractivity contribution in [3.8, 4) is 0 Å². The van der Waals surface area contributed by atoms with Crippen molar-refractivity contribution in [3.05, 3.63) is 18.3 Å². The molecular formula is C12H20N4O3S. The molecule has 0 fully saturated rings. The first-order chi connectivity index (χ1) is 9.35. The number of rotatable bonds is 7. The van der Waals surface area contributed by atoms with E-state index in [1.165, 1.54) is 12.3 Å². The molecule has 1 aromatic heterocycles. The molecule has 0 saturated heterocycles. The molecule has 0 radical (unpaired) electrons. The summed E-state index contributed by atoms with van der Waals surface area (Å²) in [7, 11) is -1.93. The number of sulfonamides is 1. The summed E-state index contributed by atoms with van der Waals surface area (Å²) >= 11 is 0. The van der Waals surface area contributed by atoms with E-state index in [-0.39, 0.29) is 29.8 Å². The minimum atomic E-state index is -3.63. The Morgan fingerprint density at radius 2 is 2.05 bits per heavy atom. The average Bonchev–Trinajstić information content (AvgIpc) is 2.37. The predicted octanol–water partition coefficient (Wildman–Crippen LogP) is 0.316. The second kappa shape index (κ2) is 7.20. The van der Waals surface area contributed by atoms with Gasteiger partial charge in [-0.1, -0.05) is 0 Å². The van der Waals surface area contributed by atoms with Gasteiger partial charge in [0.05, 0.1) is 0 Å². The molecule has 0 spiro atoms. The summed E-state index contributed by atoms with van der Waals surface area (Å²) in [6.07, 6.45) is 1.36. The van der Waals surface area contributed by atoms with Crippen LogP contribution in [0.3, 0.4) is 0 Å². The monoisotopic (exact) mass is 300 g/mol. The SMILES string of the molecule is CNc1ccc(S(=O)(=O)NCCC(=O)NC(C)C)cn1. The van der Waals surface area contributed by atoms with Crippen LogP contribution in [0.1, 0.15) is 20.3 Å². The lowest BCUT2D eigenvalue weighted by molar-refractivity contribution is -0.121. The lowest BCUT2D eigenvalue weighted by atomic mass is 10.3. The number of carbonyl (C=O) groups is 1. The van der Waals surface area contributed by atoms with Crippen molar-refractivity contribution >= 4 is 21.7 Å². The molecule has 0 unspecified atom stereocenters. The standard InChI is InChI=1S/C12H20N4O3S/c1-9(2)16-12(17)6-7-15-20(18,19)10-4-5-11(13-3)14-8-10/h4-5,8-9,15H,6-7H2,1-3H3,(H,13,14)(H,16,17). The Morgan fingerprint density at radius 1 is 1.35 bits per heavy atom. The number of hydrogen-bond acceptors (Lipinski definition) is 5. The zero-order chi connectivity index (χ0) is 15.2. The lowest BCUT2D eigenvalue weighted by Crippen LogP contribution is -2.34. The van der Waals surface area contributed by atoms with Crippen LogP contribution < -0.4 is 15.4 Å². The summed E-state index contributed by atoms with van der Waals surface area (Å²) < 4.78 is 26.2. The summed E-state index contributed by atoms with van der Waals surface area (Å²) in [5, 5.41) is 5.49. The Morgan fingerprint density at radius 3 is 2.55 bits per heavy atom. The molecule has 20 heavy (non-hydrogen) atoms. The Hall–Kier alpha value is -1.67. The third-order valence-electron chi connectivity index (χ3n) is 2.40. The second-order valence-electron chi connectivity index (χ2n) is 4.50. The number of nitrogens with one attached hydrogen (secondary N) is 3. The van der Waals surface area contributed by atoms with Gasteiger partial charge in [-0.2, -0.15) is 0 Å². The highest BCUT2D eigenvalue weighted by Crippen LogP contribution is 2.09. The van der Waals surface area contributed by atoms with E-state index in [2.05, 4.69) is 20.3 Å². The summed E-state index contributed by atoms with van der Waals surface area (Å²) in [6.45, 7) is 3.74. The maximum absolute atomic E-state index is 11.9. The molecule has 112 valence electrons. The molecule has 0 bridgehead atoms. The van der Waals surface area contributed by atoms with Crippen LogP contribution in [0, 0.1) is 0 Å². The predicted molar refractivity (Wildman–Crippen MR) is 76.9 cm³/mol. The van der Waals surface area contributed by atoms with Gasteiger partial charge in [-0.15, -0.1) is 0 Å². The number of aromatic nitrogens is 1. The highest BCUT2D eigenvalue weighted by molar-refractivity contribution is 7.89. The van der Waals surface area contributed by atoms with Crippen LogP contribution in [0.4, 0.5) is 5.82 Å². The zero-order valence-electron chi connectivity index (χ0n) is 11.8. The molecule has 7 nitrogen and oxygen atoms in total. The number of amides is 1. The van der Waals surface area contributed by atoms with Crippen molar-refractivity contribution in [1.29, 1.82) is 0 Å². The molecule has 0 aromatic carbocycles. The van der Waals surface area contributed by atoms with Gasteiger partial charge in [0.2, 0.25) is 15.9 Å². The van der Waals surface area contributed by atoms with E-state index in [4.69, 9.17) is 0 Å². The van der Waals surface area contributed by atoms with Crippen molar-refractivity contribution < 1.29 is 13.2 Å². The van der Waals surface area contributed by atoms with Gasteiger partial charge in [0.1, 0.15) is 10.7 Å². The first kappa shape index (κ1) is 16.4. The highest BCUT2D eigenvalue weighted by atomic mass is 32.2. The van der Waals surface area contributed by atoms with E-state index in [0.717, 1.165) is 0 Å². The summed E-state index contributed by atoms with van der Waals surface area (Å²) in [5.74, 6) is 0.395. The van der Waals surface area contributed by atoms with Crippen LogP contribution in [0.15, 0.2) is 23.2 Å². The first-order valence-corrected chi connectivity index (χ1v) is 7.76. The van der Waals surface area contributed by atoms with Gasteiger partial charge in [0.15, 0.2) is 0 Å². The van der Waals surface area contributed by atoms with Crippen molar-refractivity contribution in [2.45, 2.75) is 31.2 Å². The molecule has 8 heteroatoms. The lowest BCUT2D eigenvalue weighted by Gasteiger charge is -2.09. The van der Waals surface area contributed by atoms with Gasteiger partial charge in [0.25, 0.3) is 0 Å². The first-order valence-electron chi connectivity index (χ1n) is 6.28. The Labute approximate surface area is 119 Å². The molecule has 0 aliphatic rings. The molecule has 3 N–H and O–H groups in total. The maximum atomic E-state index is 11.9. The van der Waals surface area contributed by atoms with Gasteiger partial charge >= 0.3 is 0 Å². The molecule has 0 aliphatic carbocycles. The third-order valence-corrected chi connectivity index (χ3v) is 3.84. The normalized spacial score (nSPS) is 11.4. The molecule has 1 heterocycles. The van der Waals surface area contributed by atoms with Crippen molar-refractivity contribution in [1.82, 2.24) is 15.0 Å². The van der Waals surface area contributed by atoms with E-state index in [1.54, 1.807) is 13.1 Å². The van der Waals surface area contributed by atoms with Gasteiger partial charge < -0.3 is 10.6 Å². The highest BCUT2D eigenvalue weighted by Gasteiger charge is 2.14. The number of carbonyl (C=O) groups excluding carboxylic acids is 1. The summed E-state index contributed by atoms with van der Waals surface area (Å²) in [4.78, 5) is 15.4. The average molecular weight is 300 g/mol. The van der Waals surface area contributed by atoms with Crippen LogP contribution in [0.2, 0.25) is 0 Å². The fourth-order valence-corrected chi connectivity index (χ4v) is 2.44. The molecule has 0 saturated carbocycles. The van der Waals surface area contributed by atoms with E-state index >= 15 is 0 Å². The minimum absolute atomic E-state index is 0.0393. The van der Waals surface area contributed by atoms with Gasteiger partial charge in [-0.3, -0.25) is 4.79 Å². The van der Waals surface area contributed by atoms with Crippen LogP contribution in [-0.4, -0.2) is 38.9 Å². The summed E-state index contributed by atoms with van der Waals surface area (Å²) in [6, 6.07) is 3.06. The van der Waals surface area contributed by atoms with Crippen LogP contribution >= 0.6 is 0 Å². The molecule has 1 amide bonds. The van der Waals surface area contributed by atoms with Crippen molar-refractivity contribution in [2.75, 3.05) is 18.9 Å². The fourth-order valence-electron chi connectivity index (χ4n) is 1.46. The number of anilines is 1. The van der Waals surface area contributed by atoms with Crippen LogP contribution in [0.5, 0.6) is 0 Å².